The van der Waals surface area contributed by atoms with Crippen molar-refractivity contribution in [2.75, 3.05) is 0 Å². The van der Waals surface area contributed by atoms with Crippen LogP contribution in [0.1, 0.15) is 36.5 Å². The molecule has 1 atom stereocenters. The lowest BCUT2D eigenvalue weighted by Gasteiger charge is -2.06. The third-order valence-electron chi connectivity index (χ3n) is 2.34. The molecule has 1 unspecified atom stereocenters. The van der Waals surface area contributed by atoms with Gasteiger partial charge in [0.25, 0.3) is 0 Å². The van der Waals surface area contributed by atoms with Crippen LogP contribution in [0.2, 0.25) is 0 Å². The number of unbranched alkanes of at least 4 members (excludes halogenated alkanes) is 1. The zero-order chi connectivity index (χ0) is 10.4. The van der Waals surface area contributed by atoms with E-state index in [9.17, 15) is 4.79 Å². The Morgan fingerprint density at radius 2 is 2.00 bits per heavy atom. The highest BCUT2D eigenvalue weighted by Gasteiger charge is 2.17. The number of hydrogen-bond donors (Lipinski definition) is 1. The van der Waals surface area contributed by atoms with Crippen LogP contribution in [0.15, 0.2) is 30.3 Å². The summed E-state index contributed by atoms with van der Waals surface area (Å²) in [6, 6.07) is 9.32. The predicted octanol–water partition coefficient (Wildman–Crippen LogP) is 1.67. The molecular weight excluding hydrogens is 174 g/mol. The van der Waals surface area contributed by atoms with Gasteiger partial charge in [-0.05, 0) is 6.42 Å². The highest BCUT2D eigenvalue weighted by atomic mass is 16.1. The van der Waals surface area contributed by atoms with Gasteiger partial charge in [-0.15, -0.1) is 0 Å². The SMILES string of the molecule is CCCCC([NH3+])C(=O)c1ccccc1. The maximum atomic E-state index is 11.8. The van der Waals surface area contributed by atoms with Crippen LogP contribution in [0.3, 0.4) is 0 Å². The molecule has 0 bridgehead atoms. The first-order valence-corrected chi connectivity index (χ1v) is 5.18. The molecule has 0 aliphatic heterocycles. The topological polar surface area (TPSA) is 44.7 Å². The number of carbonyl (C=O) groups excluding carboxylic acids is 1. The van der Waals surface area contributed by atoms with Crippen molar-refractivity contribution in [1.82, 2.24) is 0 Å². The zero-order valence-corrected chi connectivity index (χ0v) is 8.70. The molecule has 0 saturated heterocycles. The molecule has 0 radical (unpaired) electrons. The highest BCUT2D eigenvalue weighted by Crippen LogP contribution is 2.05. The molecule has 2 heteroatoms. The van der Waals surface area contributed by atoms with E-state index in [-0.39, 0.29) is 11.8 Å². The summed E-state index contributed by atoms with van der Waals surface area (Å²) >= 11 is 0. The van der Waals surface area contributed by atoms with Crippen LogP contribution in [0.5, 0.6) is 0 Å². The number of ketones is 1. The fourth-order valence-corrected chi connectivity index (χ4v) is 1.42. The molecule has 1 aromatic rings. The van der Waals surface area contributed by atoms with Crippen molar-refractivity contribution < 1.29 is 10.5 Å². The summed E-state index contributed by atoms with van der Waals surface area (Å²) in [5.41, 5.74) is 4.68. The minimum atomic E-state index is -0.0858. The van der Waals surface area contributed by atoms with E-state index in [4.69, 9.17) is 0 Å². The Labute approximate surface area is 85.1 Å². The van der Waals surface area contributed by atoms with Crippen LogP contribution in [0, 0.1) is 0 Å². The fraction of sp³-hybridized carbons (Fsp3) is 0.417. The Morgan fingerprint density at radius 1 is 1.36 bits per heavy atom. The molecule has 0 heterocycles. The lowest BCUT2D eigenvalue weighted by atomic mass is 10.0. The Morgan fingerprint density at radius 3 is 2.57 bits per heavy atom. The summed E-state index contributed by atoms with van der Waals surface area (Å²) in [4.78, 5) is 11.8. The van der Waals surface area contributed by atoms with Crippen molar-refractivity contribution in [3.63, 3.8) is 0 Å². The molecular formula is C12H18NO+. The number of hydrogen-bond acceptors (Lipinski definition) is 1. The van der Waals surface area contributed by atoms with Crippen LogP contribution in [0.4, 0.5) is 0 Å². The number of benzene rings is 1. The van der Waals surface area contributed by atoms with Crippen molar-refractivity contribution in [2.45, 2.75) is 32.2 Å². The third-order valence-corrected chi connectivity index (χ3v) is 2.34. The third kappa shape index (κ3) is 2.96. The molecule has 1 rings (SSSR count). The van der Waals surface area contributed by atoms with E-state index in [0.29, 0.717) is 0 Å². The summed E-state index contributed by atoms with van der Waals surface area (Å²) < 4.78 is 0. The summed E-state index contributed by atoms with van der Waals surface area (Å²) in [5, 5.41) is 0. The highest BCUT2D eigenvalue weighted by molar-refractivity contribution is 5.98. The Balaban J connectivity index is 2.57. The standard InChI is InChI=1S/C12H17NO/c1-2-3-9-11(13)12(14)10-7-5-4-6-8-10/h4-8,11H,2-3,9,13H2,1H3/p+1. The Kier molecular flexibility index (Phi) is 4.33. The van der Waals surface area contributed by atoms with E-state index in [0.717, 1.165) is 24.8 Å². The zero-order valence-electron chi connectivity index (χ0n) is 8.70. The van der Waals surface area contributed by atoms with E-state index < -0.39 is 0 Å². The molecule has 0 saturated carbocycles. The molecule has 0 aliphatic carbocycles. The number of rotatable bonds is 5. The lowest BCUT2D eigenvalue weighted by Crippen LogP contribution is -2.64. The quantitative estimate of drug-likeness (QED) is 0.709. The first-order valence-electron chi connectivity index (χ1n) is 5.18. The van der Waals surface area contributed by atoms with E-state index in [1.54, 1.807) is 0 Å². The van der Waals surface area contributed by atoms with E-state index in [1.165, 1.54) is 0 Å². The van der Waals surface area contributed by atoms with Crippen molar-refractivity contribution in [3.8, 4) is 0 Å². The average molecular weight is 192 g/mol. The molecule has 76 valence electrons. The van der Waals surface area contributed by atoms with Crippen LogP contribution >= 0.6 is 0 Å². The van der Waals surface area contributed by atoms with Gasteiger partial charge in [-0.3, -0.25) is 4.79 Å². The van der Waals surface area contributed by atoms with Crippen molar-refractivity contribution >= 4 is 5.78 Å². The molecule has 0 aliphatic rings. The van der Waals surface area contributed by atoms with Gasteiger partial charge in [-0.1, -0.05) is 43.7 Å². The Bertz CT molecular complexity index is 282. The second-order valence-electron chi connectivity index (χ2n) is 3.57. The second-order valence-corrected chi connectivity index (χ2v) is 3.57. The predicted molar refractivity (Wildman–Crippen MR) is 57.0 cm³/mol. The molecule has 0 fully saturated rings. The van der Waals surface area contributed by atoms with Gasteiger partial charge in [-0.2, -0.15) is 0 Å². The van der Waals surface area contributed by atoms with E-state index in [2.05, 4.69) is 12.7 Å². The first kappa shape index (κ1) is 10.9. The van der Waals surface area contributed by atoms with Crippen molar-refractivity contribution in [1.29, 1.82) is 0 Å². The van der Waals surface area contributed by atoms with Gasteiger partial charge in [0.15, 0.2) is 0 Å². The van der Waals surface area contributed by atoms with Gasteiger partial charge in [0.1, 0.15) is 6.04 Å². The Hall–Kier alpha value is -1.15. The van der Waals surface area contributed by atoms with E-state index in [1.807, 2.05) is 30.3 Å². The summed E-state index contributed by atoms with van der Waals surface area (Å²) in [6.45, 7) is 2.12. The molecule has 14 heavy (non-hydrogen) atoms. The molecule has 2 nitrogen and oxygen atoms in total. The largest absolute Gasteiger partial charge is 0.349 e. The molecule has 0 aromatic heterocycles. The minimum Gasteiger partial charge on any atom is -0.349 e. The lowest BCUT2D eigenvalue weighted by molar-refractivity contribution is -0.400. The molecule has 1 aromatic carbocycles. The number of carbonyl (C=O) groups is 1. The van der Waals surface area contributed by atoms with Gasteiger partial charge in [0.05, 0.1) is 0 Å². The van der Waals surface area contributed by atoms with Gasteiger partial charge in [-0.25, -0.2) is 0 Å². The molecule has 0 spiro atoms. The van der Waals surface area contributed by atoms with Crippen molar-refractivity contribution in [2.24, 2.45) is 0 Å². The monoisotopic (exact) mass is 192 g/mol. The summed E-state index contributed by atoms with van der Waals surface area (Å²) in [5.74, 6) is 0.166. The smallest absolute Gasteiger partial charge is 0.219 e. The normalized spacial score (nSPS) is 12.4. The summed E-state index contributed by atoms with van der Waals surface area (Å²) in [7, 11) is 0. The molecule has 0 amide bonds. The van der Waals surface area contributed by atoms with Gasteiger partial charge in [0.2, 0.25) is 5.78 Å². The van der Waals surface area contributed by atoms with Gasteiger partial charge in [0, 0.05) is 12.0 Å². The van der Waals surface area contributed by atoms with Crippen LogP contribution in [-0.2, 0) is 0 Å². The number of Topliss-reactive ketones (excluding diaryl/α,β-unsaturated/α-hetero) is 1. The van der Waals surface area contributed by atoms with Crippen LogP contribution in [-0.4, -0.2) is 11.8 Å². The molecule has 3 N–H and O–H groups in total. The van der Waals surface area contributed by atoms with Gasteiger partial charge >= 0.3 is 0 Å². The number of quaternary nitrogens is 1. The first-order chi connectivity index (χ1) is 6.75. The average Bonchev–Trinajstić information content (AvgIpc) is 2.26. The summed E-state index contributed by atoms with van der Waals surface area (Å²) in [6.07, 6.45) is 3.09. The van der Waals surface area contributed by atoms with Gasteiger partial charge < -0.3 is 5.73 Å². The second kappa shape index (κ2) is 5.55. The van der Waals surface area contributed by atoms with E-state index >= 15 is 0 Å². The fourth-order valence-electron chi connectivity index (χ4n) is 1.42. The minimum absolute atomic E-state index is 0.0858. The van der Waals surface area contributed by atoms with Crippen LogP contribution < -0.4 is 5.73 Å². The maximum absolute atomic E-state index is 11.8. The maximum Gasteiger partial charge on any atom is 0.219 e. The van der Waals surface area contributed by atoms with Crippen LogP contribution in [0.25, 0.3) is 0 Å². The van der Waals surface area contributed by atoms with Crippen molar-refractivity contribution in [3.05, 3.63) is 35.9 Å².